The molecular weight excluding hydrogens is 288 g/mol. The van der Waals surface area contributed by atoms with E-state index in [4.69, 9.17) is 5.11 Å². The first kappa shape index (κ1) is 15.1. The van der Waals surface area contributed by atoms with Gasteiger partial charge in [-0.1, -0.05) is 24.3 Å². The lowest BCUT2D eigenvalue weighted by Gasteiger charge is -2.08. The van der Waals surface area contributed by atoms with Gasteiger partial charge in [0.25, 0.3) is 0 Å². The third-order valence-corrected chi connectivity index (χ3v) is 3.81. The van der Waals surface area contributed by atoms with Crippen molar-refractivity contribution in [2.45, 2.75) is 13.0 Å². The van der Waals surface area contributed by atoms with E-state index in [1.54, 1.807) is 35.6 Å². The van der Waals surface area contributed by atoms with Crippen molar-refractivity contribution in [2.75, 3.05) is 6.54 Å². The van der Waals surface area contributed by atoms with Crippen molar-refractivity contribution in [2.24, 2.45) is 0 Å². The van der Waals surface area contributed by atoms with Gasteiger partial charge in [0.1, 0.15) is 0 Å². The van der Waals surface area contributed by atoms with Crippen LogP contribution in [0.25, 0.3) is 0 Å². The van der Waals surface area contributed by atoms with Gasteiger partial charge in [-0.2, -0.15) is 0 Å². The molecule has 0 radical (unpaired) electrons. The molecule has 1 heterocycles. The topological polar surface area (TPSA) is 78.4 Å². The van der Waals surface area contributed by atoms with E-state index < -0.39 is 5.97 Å². The van der Waals surface area contributed by atoms with Crippen molar-refractivity contribution in [1.82, 2.24) is 10.6 Å². The number of benzene rings is 1. The number of amides is 2. The number of carboxylic acids is 1. The van der Waals surface area contributed by atoms with Gasteiger partial charge in [-0.3, -0.25) is 0 Å². The van der Waals surface area contributed by atoms with Crippen molar-refractivity contribution in [3.05, 3.63) is 57.8 Å². The second-order valence-electron chi connectivity index (χ2n) is 4.40. The zero-order valence-corrected chi connectivity index (χ0v) is 12.2. The number of hydrogen-bond acceptors (Lipinski definition) is 3. The standard InChI is InChI=1S/C15H16N2O3S/c18-14(19)13-6-2-1-4-11(13)7-8-16-15(20)17-10-12-5-3-9-21-12/h1-6,9H,7-8,10H2,(H,18,19)(H2,16,17,20). The molecule has 2 aromatic rings. The van der Waals surface area contributed by atoms with Gasteiger partial charge >= 0.3 is 12.0 Å². The molecule has 0 bridgehead atoms. The zero-order chi connectivity index (χ0) is 15.1. The van der Waals surface area contributed by atoms with Crippen LogP contribution in [-0.4, -0.2) is 23.7 Å². The minimum Gasteiger partial charge on any atom is -0.478 e. The molecule has 1 aromatic carbocycles. The summed E-state index contributed by atoms with van der Waals surface area (Å²) in [5.41, 5.74) is 0.988. The van der Waals surface area contributed by atoms with Gasteiger partial charge in [0.15, 0.2) is 0 Å². The smallest absolute Gasteiger partial charge is 0.335 e. The second kappa shape index (κ2) is 7.44. The lowest BCUT2D eigenvalue weighted by Crippen LogP contribution is -2.36. The maximum atomic E-state index is 11.6. The van der Waals surface area contributed by atoms with E-state index in [2.05, 4.69) is 10.6 Å². The summed E-state index contributed by atoms with van der Waals surface area (Å²) in [6, 6.07) is 10.4. The van der Waals surface area contributed by atoms with Crippen molar-refractivity contribution in [3.63, 3.8) is 0 Å². The lowest BCUT2D eigenvalue weighted by atomic mass is 10.0. The van der Waals surface area contributed by atoms with Gasteiger partial charge in [0.2, 0.25) is 0 Å². The number of carboxylic acid groups (broad SMARTS) is 1. The van der Waals surface area contributed by atoms with E-state index in [0.29, 0.717) is 25.1 Å². The number of urea groups is 1. The molecule has 0 aliphatic heterocycles. The summed E-state index contributed by atoms with van der Waals surface area (Å²) in [6.07, 6.45) is 0.481. The molecule has 5 nitrogen and oxygen atoms in total. The average Bonchev–Trinajstić information content (AvgIpc) is 2.99. The first-order valence-electron chi connectivity index (χ1n) is 6.52. The molecular formula is C15H16N2O3S. The summed E-state index contributed by atoms with van der Waals surface area (Å²) in [5.74, 6) is -0.951. The summed E-state index contributed by atoms with van der Waals surface area (Å²) in [7, 11) is 0. The number of nitrogens with one attached hydrogen (secondary N) is 2. The fourth-order valence-electron chi connectivity index (χ4n) is 1.90. The summed E-state index contributed by atoms with van der Waals surface area (Å²) in [5, 5.41) is 16.5. The molecule has 0 aliphatic carbocycles. The summed E-state index contributed by atoms with van der Waals surface area (Å²) < 4.78 is 0. The number of carbonyl (C=O) groups excluding carboxylic acids is 1. The van der Waals surface area contributed by atoms with E-state index in [0.717, 1.165) is 4.88 Å². The highest BCUT2D eigenvalue weighted by atomic mass is 32.1. The van der Waals surface area contributed by atoms with E-state index in [1.807, 2.05) is 17.5 Å². The largest absolute Gasteiger partial charge is 0.478 e. The fourth-order valence-corrected chi connectivity index (χ4v) is 2.55. The van der Waals surface area contributed by atoms with Crippen molar-refractivity contribution in [3.8, 4) is 0 Å². The zero-order valence-electron chi connectivity index (χ0n) is 11.3. The number of aromatic carboxylic acids is 1. The molecule has 0 atom stereocenters. The Balaban J connectivity index is 1.76. The molecule has 0 unspecified atom stereocenters. The summed E-state index contributed by atoms with van der Waals surface area (Å²) in [4.78, 5) is 23.8. The van der Waals surface area contributed by atoms with Crippen LogP contribution in [0.3, 0.4) is 0 Å². The van der Waals surface area contributed by atoms with E-state index in [1.165, 1.54) is 0 Å². The third kappa shape index (κ3) is 4.61. The minimum absolute atomic E-state index is 0.254. The van der Waals surface area contributed by atoms with Crippen LogP contribution in [-0.2, 0) is 13.0 Å². The first-order chi connectivity index (χ1) is 10.2. The van der Waals surface area contributed by atoms with Crippen LogP contribution in [0.5, 0.6) is 0 Å². The number of carbonyl (C=O) groups is 2. The predicted molar refractivity (Wildman–Crippen MR) is 81.7 cm³/mol. The van der Waals surface area contributed by atoms with Crippen LogP contribution in [0.15, 0.2) is 41.8 Å². The second-order valence-corrected chi connectivity index (χ2v) is 5.43. The average molecular weight is 304 g/mol. The molecule has 21 heavy (non-hydrogen) atoms. The van der Waals surface area contributed by atoms with Crippen molar-refractivity contribution >= 4 is 23.3 Å². The summed E-state index contributed by atoms with van der Waals surface area (Å²) >= 11 is 1.58. The Morgan fingerprint density at radius 1 is 1.10 bits per heavy atom. The number of hydrogen-bond donors (Lipinski definition) is 3. The summed E-state index contributed by atoms with van der Waals surface area (Å²) in [6.45, 7) is 0.885. The van der Waals surface area contributed by atoms with E-state index in [-0.39, 0.29) is 11.6 Å². The van der Waals surface area contributed by atoms with Gasteiger partial charge in [0.05, 0.1) is 12.1 Å². The Morgan fingerprint density at radius 2 is 1.90 bits per heavy atom. The molecule has 0 spiro atoms. The third-order valence-electron chi connectivity index (χ3n) is 2.93. The molecule has 110 valence electrons. The monoisotopic (exact) mass is 304 g/mol. The number of thiophene rings is 1. The number of rotatable bonds is 6. The quantitative estimate of drug-likeness (QED) is 0.767. The Bertz CT molecular complexity index is 611. The van der Waals surface area contributed by atoms with E-state index >= 15 is 0 Å². The maximum Gasteiger partial charge on any atom is 0.335 e. The van der Waals surface area contributed by atoms with Crippen LogP contribution < -0.4 is 10.6 Å². The predicted octanol–water partition coefficient (Wildman–Crippen LogP) is 2.49. The van der Waals surface area contributed by atoms with Crippen LogP contribution in [0.2, 0.25) is 0 Å². The molecule has 2 rings (SSSR count). The fraction of sp³-hybridized carbons (Fsp3) is 0.200. The van der Waals surface area contributed by atoms with Crippen LogP contribution >= 0.6 is 11.3 Å². The van der Waals surface area contributed by atoms with Gasteiger partial charge < -0.3 is 15.7 Å². The van der Waals surface area contributed by atoms with E-state index in [9.17, 15) is 9.59 Å². The normalized spacial score (nSPS) is 10.1. The highest BCUT2D eigenvalue weighted by Crippen LogP contribution is 2.09. The van der Waals surface area contributed by atoms with Gasteiger partial charge in [-0.05, 0) is 29.5 Å². The Morgan fingerprint density at radius 3 is 2.62 bits per heavy atom. The van der Waals surface area contributed by atoms with Gasteiger partial charge in [0, 0.05) is 11.4 Å². The highest BCUT2D eigenvalue weighted by molar-refractivity contribution is 7.09. The van der Waals surface area contributed by atoms with Gasteiger partial charge in [-0.25, -0.2) is 9.59 Å². The lowest BCUT2D eigenvalue weighted by molar-refractivity contribution is 0.0695. The van der Waals surface area contributed by atoms with Crippen molar-refractivity contribution in [1.29, 1.82) is 0 Å². The Kier molecular flexibility index (Phi) is 5.34. The molecule has 0 aliphatic rings. The van der Waals surface area contributed by atoms with Crippen LogP contribution in [0.4, 0.5) is 4.79 Å². The van der Waals surface area contributed by atoms with Crippen LogP contribution in [0, 0.1) is 0 Å². The molecule has 1 aromatic heterocycles. The Hall–Kier alpha value is -2.34. The first-order valence-corrected chi connectivity index (χ1v) is 7.40. The maximum absolute atomic E-state index is 11.6. The molecule has 2 amide bonds. The Labute approximate surface area is 126 Å². The minimum atomic E-state index is -0.951. The molecule has 0 fully saturated rings. The molecule has 3 N–H and O–H groups in total. The van der Waals surface area contributed by atoms with Gasteiger partial charge in [-0.15, -0.1) is 11.3 Å². The van der Waals surface area contributed by atoms with Crippen LogP contribution in [0.1, 0.15) is 20.8 Å². The SMILES string of the molecule is O=C(NCCc1ccccc1C(=O)O)NCc1cccs1. The molecule has 0 saturated heterocycles. The highest BCUT2D eigenvalue weighted by Gasteiger charge is 2.09. The molecule has 6 heteroatoms. The van der Waals surface area contributed by atoms with Crippen molar-refractivity contribution < 1.29 is 14.7 Å². The molecule has 0 saturated carbocycles.